The molecule has 0 bridgehead atoms. The Kier molecular flexibility index (Phi) is 5.37. The van der Waals surface area contributed by atoms with Crippen LogP contribution in [0.4, 0.5) is 4.79 Å². The van der Waals surface area contributed by atoms with Crippen LogP contribution in [0.5, 0.6) is 11.5 Å². The summed E-state index contributed by atoms with van der Waals surface area (Å²) in [6.07, 6.45) is 4.49. The fraction of sp³-hybridized carbons (Fsp3) is 0.273. The summed E-state index contributed by atoms with van der Waals surface area (Å²) in [5, 5.41) is 7.36. The van der Waals surface area contributed by atoms with Crippen LogP contribution in [0.15, 0.2) is 54.9 Å². The minimum atomic E-state index is -0.0853. The summed E-state index contributed by atoms with van der Waals surface area (Å²) < 4.78 is 12.6. The van der Waals surface area contributed by atoms with Gasteiger partial charge in [0.2, 0.25) is 0 Å². The van der Waals surface area contributed by atoms with Crippen molar-refractivity contribution in [2.75, 3.05) is 20.8 Å². The van der Waals surface area contributed by atoms with Crippen LogP contribution < -0.4 is 14.8 Å². The van der Waals surface area contributed by atoms with Gasteiger partial charge in [-0.1, -0.05) is 18.2 Å². The van der Waals surface area contributed by atoms with Crippen molar-refractivity contribution < 1.29 is 14.3 Å². The lowest BCUT2D eigenvalue weighted by Gasteiger charge is -2.29. The smallest absolute Gasteiger partial charge is 0.317 e. The first-order valence-corrected chi connectivity index (χ1v) is 9.53. The lowest BCUT2D eigenvalue weighted by molar-refractivity contribution is 0.191. The molecule has 1 aliphatic heterocycles. The van der Waals surface area contributed by atoms with Crippen LogP contribution in [-0.2, 0) is 19.5 Å². The number of urea groups is 1. The minimum Gasteiger partial charge on any atom is -0.493 e. The van der Waals surface area contributed by atoms with Crippen molar-refractivity contribution in [1.29, 1.82) is 0 Å². The quantitative estimate of drug-likeness (QED) is 0.724. The average molecular weight is 392 g/mol. The third-order valence-electron chi connectivity index (χ3n) is 5.11. The van der Waals surface area contributed by atoms with E-state index in [4.69, 9.17) is 9.47 Å². The van der Waals surface area contributed by atoms with E-state index in [1.165, 1.54) is 5.56 Å². The van der Waals surface area contributed by atoms with E-state index in [2.05, 4.69) is 10.4 Å². The van der Waals surface area contributed by atoms with E-state index in [1.54, 1.807) is 25.1 Å². The first kappa shape index (κ1) is 18.9. The summed E-state index contributed by atoms with van der Waals surface area (Å²) in [5.74, 6) is 1.40. The summed E-state index contributed by atoms with van der Waals surface area (Å²) in [7, 11) is 3.25. The maximum absolute atomic E-state index is 12.7. The summed E-state index contributed by atoms with van der Waals surface area (Å²) >= 11 is 0. The number of para-hydroxylation sites is 1. The van der Waals surface area contributed by atoms with Gasteiger partial charge in [-0.05, 0) is 41.8 Å². The Morgan fingerprint density at radius 1 is 1.10 bits per heavy atom. The van der Waals surface area contributed by atoms with Crippen LogP contribution >= 0.6 is 0 Å². The van der Waals surface area contributed by atoms with Crippen LogP contribution in [0.25, 0.3) is 5.69 Å². The zero-order chi connectivity index (χ0) is 20.2. The number of benzene rings is 2. The Hall–Kier alpha value is -3.48. The highest BCUT2D eigenvalue weighted by Gasteiger charge is 2.22. The lowest BCUT2D eigenvalue weighted by atomic mass is 9.99. The maximum atomic E-state index is 12.7. The maximum Gasteiger partial charge on any atom is 0.317 e. The molecule has 150 valence electrons. The number of carbonyl (C=O) groups is 1. The molecular weight excluding hydrogens is 368 g/mol. The molecule has 1 aromatic heterocycles. The van der Waals surface area contributed by atoms with E-state index >= 15 is 0 Å². The summed E-state index contributed by atoms with van der Waals surface area (Å²) in [6, 6.07) is 13.8. The summed E-state index contributed by atoms with van der Waals surface area (Å²) in [6.45, 7) is 1.64. The Labute approximate surface area is 169 Å². The van der Waals surface area contributed by atoms with Crippen molar-refractivity contribution in [2.45, 2.75) is 19.5 Å². The highest BCUT2D eigenvalue weighted by atomic mass is 16.5. The largest absolute Gasteiger partial charge is 0.493 e. The second-order valence-electron chi connectivity index (χ2n) is 6.93. The fourth-order valence-corrected chi connectivity index (χ4v) is 3.52. The van der Waals surface area contributed by atoms with Gasteiger partial charge in [0.15, 0.2) is 11.5 Å². The van der Waals surface area contributed by atoms with Gasteiger partial charge in [-0.2, -0.15) is 5.10 Å². The average Bonchev–Trinajstić information content (AvgIpc) is 3.25. The Bertz CT molecular complexity index is 1000. The molecule has 0 atom stereocenters. The zero-order valence-electron chi connectivity index (χ0n) is 16.6. The number of hydrogen-bond acceptors (Lipinski definition) is 4. The number of nitrogens with zero attached hydrogens (tertiary/aromatic N) is 3. The van der Waals surface area contributed by atoms with Gasteiger partial charge in [0.05, 0.1) is 26.1 Å². The molecule has 0 saturated heterocycles. The Balaban J connectivity index is 1.38. The highest BCUT2D eigenvalue weighted by molar-refractivity contribution is 5.74. The molecular formula is C22H24N4O3. The normalized spacial score (nSPS) is 13.0. The van der Waals surface area contributed by atoms with Gasteiger partial charge >= 0.3 is 6.03 Å². The van der Waals surface area contributed by atoms with E-state index in [-0.39, 0.29) is 6.03 Å². The molecule has 0 radical (unpaired) electrons. The monoisotopic (exact) mass is 392 g/mol. The van der Waals surface area contributed by atoms with Crippen LogP contribution in [-0.4, -0.2) is 41.5 Å². The van der Waals surface area contributed by atoms with Crippen molar-refractivity contribution >= 4 is 6.03 Å². The van der Waals surface area contributed by atoms with E-state index in [0.717, 1.165) is 29.0 Å². The van der Waals surface area contributed by atoms with Gasteiger partial charge in [0.1, 0.15) is 0 Å². The van der Waals surface area contributed by atoms with E-state index in [0.29, 0.717) is 25.4 Å². The molecule has 2 aromatic carbocycles. The Morgan fingerprint density at radius 3 is 2.55 bits per heavy atom. The first-order valence-electron chi connectivity index (χ1n) is 9.53. The molecule has 4 rings (SSSR count). The van der Waals surface area contributed by atoms with Gasteiger partial charge in [-0.25, -0.2) is 9.48 Å². The number of ether oxygens (including phenoxy) is 2. The Morgan fingerprint density at radius 2 is 1.83 bits per heavy atom. The number of amides is 2. The molecule has 0 unspecified atom stereocenters. The van der Waals surface area contributed by atoms with E-state index in [1.807, 2.05) is 53.6 Å². The van der Waals surface area contributed by atoms with Crippen LogP contribution in [0.1, 0.15) is 16.7 Å². The zero-order valence-corrected chi connectivity index (χ0v) is 16.6. The molecule has 2 amide bonds. The lowest BCUT2D eigenvalue weighted by Crippen LogP contribution is -2.42. The molecule has 1 N–H and O–H groups in total. The third-order valence-corrected chi connectivity index (χ3v) is 5.11. The SMILES string of the molecule is COc1cc2c(cc1OC)CN(C(=O)NCc1cnn(-c3ccccc3)c1)CC2. The number of fused-ring (bicyclic) bond motifs is 1. The van der Waals surface area contributed by atoms with Gasteiger partial charge in [0, 0.05) is 31.4 Å². The standard InChI is InChI=1S/C22H24N4O3/c1-28-20-10-17-8-9-25(15-18(17)11-21(20)29-2)22(27)23-12-16-13-24-26(14-16)19-6-4-3-5-7-19/h3-7,10-11,13-14H,8-9,12,15H2,1-2H3,(H,23,27). The van der Waals surface area contributed by atoms with Crippen molar-refractivity contribution in [3.63, 3.8) is 0 Å². The van der Waals surface area contributed by atoms with Crippen molar-refractivity contribution in [1.82, 2.24) is 20.0 Å². The van der Waals surface area contributed by atoms with Crippen molar-refractivity contribution in [3.8, 4) is 17.2 Å². The predicted octanol–water partition coefficient (Wildman–Crippen LogP) is 3.16. The van der Waals surface area contributed by atoms with Gasteiger partial charge < -0.3 is 19.7 Å². The number of methoxy groups -OCH3 is 2. The molecule has 2 heterocycles. The van der Waals surface area contributed by atoms with Crippen LogP contribution in [0.2, 0.25) is 0 Å². The van der Waals surface area contributed by atoms with E-state index < -0.39 is 0 Å². The third kappa shape index (κ3) is 4.03. The molecule has 0 aliphatic carbocycles. The summed E-state index contributed by atoms with van der Waals surface area (Å²) in [4.78, 5) is 14.5. The van der Waals surface area contributed by atoms with Crippen molar-refractivity contribution in [2.24, 2.45) is 0 Å². The number of nitrogens with one attached hydrogen (secondary N) is 1. The van der Waals surface area contributed by atoms with Crippen molar-refractivity contribution in [3.05, 3.63) is 71.5 Å². The molecule has 29 heavy (non-hydrogen) atoms. The predicted molar refractivity (Wildman–Crippen MR) is 109 cm³/mol. The van der Waals surface area contributed by atoms with Gasteiger partial charge in [0.25, 0.3) is 0 Å². The van der Waals surface area contributed by atoms with E-state index in [9.17, 15) is 4.79 Å². The molecule has 7 heteroatoms. The fourth-order valence-electron chi connectivity index (χ4n) is 3.52. The molecule has 0 spiro atoms. The molecule has 7 nitrogen and oxygen atoms in total. The first-order chi connectivity index (χ1) is 14.2. The van der Waals surface area contributed by atoms with Crippen LogP contribution in [0.3, 0.4) is 0 Å². The topological polar surface area (TPSA) is 68.6 Å². The van der Waals surface area contributed by atoms with Crippen LogP contribution in [0, 0.1) is 0 Å². The number of rotatable bonds is 5. The van der Waals surface area contributed by atoms with Gasteiger partial charge in [-0.15, -0.1) is 0 Å². The second kappa shape index (κ2) is 8.26. The molecule has 0 fully saturated rings. The number of aromatic nitrogens is 2. The molecule has 1 aliphatic rings. The molecule has 3 aromatic rings. The minimum absolute atomic E-state index is 0.0853. The highest BCUT2D eigenvalue weighted by Crippen LogP contribution is 2.33. The number of hydrogen-bond donors (Lipinski definition) is 1. The second-order valence-corrected chi connectivity index (χ2v) is 6.93. The summed E-state index contributed by atoms with van der Waals surface area (Å²) in [5.41, 5.74) is 4.21. The molecule has 0 saturated carbocycles. The van der Waals surface area contributed by atoms with Gasteiger partial charge in [-0.3, -0.25) is 0 Å². The number of carbonyl (C=O) groups excluding carboxylic acids is 1.